The zero-order valence-corrected chi connectivity index (χ0v) is 19.3. The van der Waals surface area contributed by atoms with Crippen molar-refractivity contribution >= 4 is 23.3 Å². The first kappa shape index (κ1) is 21.6. The molecule has 1 saturated carbocycles. The molecule has 8 heteroatoms. The molecule has 1 amide bonds. The molecule has 2 aromatic rings. The summed E-state index contributed by atoms with van der Waals surface area (Å²) in [6.45, 7) is 7.77. The second-order valence-corrected chi connectivity index (χ2v) is 9.41. The summed E-state index contributed by atoms with van der Waals surface area (Å²) in [7, 11) is 0. The first-order valence-corrected chi connectivity index (χ1v) is 12.1. The molecule has 2 saturated heterocycles. The Labute approximate surface area is 195 Å². The van der Waals surface area contributed by atoms with E-state index < -0.39 is 0 Å². The Bertz CT molecular complexity index is 918. The van der Waals surface area contributed by atoms with Gasteiger partial charge in [0, 0.05) is 64.0 Å². The predicted molar refractivity (Wildman–Crippen MR) is 127 cm³/mol. The van der Waals surface area contributed by atoms with Crippen LogP contribution in [0.25, 0.3) is 11.3 Å². The molecular weight excluding hydrogens is 424 g/mol. The van der Waals surface area contributed by atoms with Crippen LogP contribution in [0.3, 0.4) is 0 Å². The first-order valence-electron chi connectivity index (χ1n) is 11.7. The van der Waals surface area contributed by atoms with Gasteiger partial charge < -0.3 is 9.80 Å². The zero-order valence-electron chi connectivity index (χ0n) is 18.5. The van der Waals surface area contributed by atoms with Crippen molar-refractivity contribution in [1.29, 1.82) is 0 Å². The number of hydrogen-bond acceptors (Lipinski definition) is 6. The van der Waals surface area contributed by atoms with E-state index in [0.29, 0.717) is 11.6 Å². The van der Waals surface area contributed by atoms with Crippen LogP contribution in [0, 0.1) is 0 Å². The molecule has 5 rings (SSSR count). The van der Waals surface area contributed by atoms with Crippen molar-refractivity contribution in [1.82, 2.24) is 24.7 Å². The number of benzene rings is 1. The van der Waals surface area contributed by atoms with Crippen molar-refractivity contribution in [2.75, 3.05) is 63.8 Å². The average molecular weight is 455 g/mol. The topological polar surface area (TPSA) is 55.8 Å². The number of carbonyl (C=O) groups is 1. The molecular formula is C24H31ClN6O. The van der Waals surface area contributed by atoms with Crippen molar-refractivity contribution in [2.24, 2.45) is 0 Å². The van der Waals surface area contributed by atoms with Crippen LogP contribution < -0.4 is 4.90 Å². The highest BCUT2D eigenvalue weighted by Crippen LogP contribution is 2.27. The lowest BCUT2D eigenvalue weighted by Gasteiger charge is -2.43. The van der Waals surface area contributed by atoms with Crippen LogP contribution in [-0.2, 0) is 4.79 Å². The van der Waals surface area contributed by atoms with Crippen LogP contribution in [0.4, 0.5) is 5.82 Å². The molecule has 7 nitrogen and oxygen atoms in total. The molecule has 0 bridgehead atoms. The molecule has 0 atom stereocenters. The highest BCUT2D eigenvalue weighted by atomic mass is 35.5. The van der Waals surface area contributed by atoms with Gasteiger partial charge in [0.15, 0.2) is 0 Å². The molecule has 170 valence electrons. The quantitative estimate of drug-likeness (QED) is 0.692. The molecule has 0 N–H and O–H groups in total. The lowest BCUT2D eigenvalue weighted by atomic mass is 9.91. The van der Waals surface area contributed by atoms with E-state index in [9.17, 15) is 4.79 Å². The fourth-order valence-electron chi connectivity index (χ4n) is 4.81. The molecule has 1 aliphatic carbocycles. The van der Waals surface area contributed by atoms with Crippen LogP contribution in [-0.4, -0.2) is 95.5 Å². The summed E-state index contributed by atoms with van der Waals surface area (Å²) < 4.78 is 0. The predicted octanol–water partition coefficient (Wildman–Crippen LogP) is 2.62. The first-order chi connectivity index (χ1) is 15.7. The minimum Gasteiger partial charge on any atom is -0.353 e. The molecule has 0 unspecified atom stereocenters. The van der Waals surface area contributed by atoms with Gasteiger partial charge in [-0.15, -0.1) is 0 Å². The summed E-state index contributed by atoms with van der Waals surface area (Å²) in [6.07, 6.45) is 7.65. The van der Waals surface area contributed by atoms with Gasteiger partial charge in [-0.05, 0) is 18.9 Å². The third-order valence-corrected chi connectivity index (χ3v) is 7.43. The number of nitrogens with zero attached hydrogens (tertiary/aromatic N) is 6. The molecule has 0 radical (unpaired) electrons. The lowest BCUT2D eigenvalue weighted by molar-refractivity contribution is -0.134. The van der Waals surface area contributed by atoms with E-state index in [2.05, 4.69) is 29.6 Å². The minimum atomic E-state index is 0.274. The minimum absolute atomic E-state index is 0.274. The number of anilines is 1. The van der Waals surface area contributed by atoms with E-state index in [1.807, 2.05) is 30.5 Å². The number of rotatable bonds is 5. The summed E-state index contributed by atoms with van der Waals surface area (Å²) in [5.41, 5.74) is 1.67. The van der Waals surface area contributed by atoms with E-state index >= 15 is 0 Å². The van der Waals surface area contributed by atoms with Crippen LogP contribution in [0.2, 0.25) is 5.02 Å². The van der Waals surface area contributed by atoms with Gasteiger partial charge in [-0.3, -0.25) is 19.6 Å². The smallest absolute Gasteiger partial charge is 0.236 e. The van der Waals surface area contributed by atoms with E-state index in [1.165, 1.54) is 19.3 Å². The van der Waals surface area contributed by atoms with Crippen LogP contribution in [0.5, 0.6) is 0 Å². The maximum atomic E-state index is 12.8. The van der Waals surface area contributed by atoms with Crippen molar-refractivity contribution in [3.63, 3.8) is 0 Å². The Morgan fingerprint density at radius 2 is 1.69 bits per heavy atom. The summed E-state index contributed by atoms with van der Waals surface area (Å²) >= 11 is 6.27. The number of amides is 1. The fraction of sp³-hybridized carbons (Fsp3) is 0.542. The Morgan fingerprint density at radius 3 is 2.31 bits per heavy atom. The Morgan fingerprint density at radius 1 is 0.938 bits per heavy atom. The van der Waals surface area contributed by atoms with Gasteiger partial charge in [0.05, 0.1) is 29.7 Å². The average Bonchev–Trinajstić information content (AvgIpc) is 2.79. The Kier molecular flexibility index (Phi) is 6.57. The van der Waals surface area contributed by atoms with Crippen molar-refractivity contribution in [2.45, 2.75) is 25.3 Å². The third-order valence-electron chi connectivity index (χ3n) is 7.10. The highest BCUT2D eigenvalue weighted by Gasteiger charge is 2.30. The van der Waals surface area contributed by atoms with Gasteiger partial charge in [-0.1, -0.05) is 36.2 Å². The van der Waals surface area contributed by atoms with E-state index in [0.717, 1.165) is 75.5 Å². The van der Waals surface area contributed by atoms with Crippen molar-refractivity contribution < 1.29 is 4.79 Å². The van der Waals surface area contributed by atoms with E-state index in [1.54, 1.807) is 6.20 Å². The monoisotopic (exact) mass is 454 g/mol. The van der Waals surface area contributed by atoms with Gasteiger partial charge in [0.1, 0.15) is 5.82 Å². The number of hydrogen-bond donors (Lipinski definition) is 0. The molecule has 3 aliphatic rings. The fourth-order valence-corrected chi connectivity index (χ4v) is 5.04. The maximum Gasteiger partial charge on any atom is 0.236 e. The molecule has 0 spiro atoms. The van der Waals surface area contributed by atoms with Crippen molar-refractivity contribution in [3.8, 4) is 11.3 Å². The van der Waals surface area contributed by atoms with Gasteiger partial charge in [0.25, 0.3) is 0 Å². The van der Waals surface area contributed by atoms with Gasteiger partial charge in [0.2, 0.25) is 5.91 Å². The summed E-state index contributed by atoms with van der Waals surface area (Å²) in [6, 6.07) is 8.46. The van der Waals surface area contributed by atoms with Crippen LogP contribution in [0.1, 0.15) is 19.3 Å². The summed E-state index contributed by atoms with van der Waals surface area (Å²) in [5.74, 6) is 1.15. The lowest BCUT2D eigenvalue weighted by Crippen LogP contribution is -2.56. The molecule has 1 aromatic carbocycles. The summed E-state index contributed by atoms with van der Waals surface area (Å²) in [5, 5.41) is 0.678. The zero-order chi connectivity index (χ0) is 21.9. The summed E-state index contributed by atoms with van der Waals surface area (Å²) in [4.78, 5) is 31.1. The van der Waals surface area contributed by atoms with Crippen molar-refractivity contribution in [3.05, 3.63) is 41.7 Å². The standard InChI is InChI=1S/C24H31ClN6O/c25-21-7-2-1-6-20(21)22-16-27-23(17-26-22)30-10-8-28(9-11-30)18-24(32)31-14-12-29(13-15-31)19-4-3-5-19/h1-2,6-7,16-17,19H,3-5,8-15,18H2. The largest absolute Gasteiger partial charge is 0.353 e. The normalized spacial score (nSPS) is 20.9. The maximum absolute atomic E-state index is 12.8. The van der Waals surface area contributed by atoms with Gasteiger partial charge in [-0.25, -0.2) is 4.98 Å². The molecule has 2 aliphatic heterocycles. The molecule has 3 heterocycles. The number of halogens is 1. The Hall–Kier alpha value is -2.22. The molecule has 1 aromatic heterocycles. The second kappa shape index (κ2) is 9.73. The number of carbonyl (C=O) groups excluding carboxylic acids is 1. The number of aromatic nitrogens is 2. The van der Waals surface area contributed by atoms with Crippen LogP contribution in [0.15, 0.2) is 36.7 Å². The highest BCUT2D eigenvalue weighted by molar-refractivity contribution is 6.33. The number of piperazine rings is 2. The second-order valence-electron chi connectivity index (χ2n) is 9.00. The third kappa shape index (κ3) is 4.75. The molecule has 3 fully saturated rings. The Balaban J connectivity index is 1.09. The van der Waals surface area contributed by atoms with Gasteiger partial charge >= 0.3 is 0 Å². The van der Waals surface area contributed by atoms with Crippen LogP contribution >= 0.6 is 11.6 Å². The van der Waals surface area contributed by atoms with E-state index in [4.69, 9.17) is 11.6 Å². The SMILES string of the molecule is O=C(CN1CCN(c2cnc(-c3ccccc3Cl)cn2)CC1)N1CCN(C2CCC2)CC1. The van der Waals surface area contributed by atoms with E-state index in [-0.39, 0.29) is 5.91 Å². The molecule has 32 heavy (non-hydrogen) atoms. The van der Waals surface area contributed by atoms with Gasteiger partial charge in [-0.2, -0.15) is 0 Å².